The van der Waals surface area contributed by atoms with Crippen LogP contribution in [-0.2, 0) is 4.74 Å². The Morgan fingerprint density at radius 3 is 2.72 bits per heavy atom. The molecular formula is C15H30N2O. The Morgan fingerprint density at radius 2 is 2.06 bits per heavy atom. The monoisotopic (exact) mass is 254 g/mol. The molecule has 18 heavy (non-hydrogen) atoms. The van der Waals surface area contributed by atoms with Gasteiger partial charge in [0.25, 0.3) is 0 Å². The van der Waals surface area contributed by atoms with Crippen molar-refractivity contribution in [1.82, 2.24) is 4.90 Å². The molecule has 0 aromatic heterocycles. The van der Waals surface area contributed by atoms with Crippen molar-refractivity contribution in [2.24, 2.45) is 11.7 Å². The number of hydrogen-bond acceptors (Lipinski definition) is 3. The molecular weight excluding hydrogens is 224 g/mol. The summed E-state index contributed by atoms with van der Waals surface area (Å²) in [6, 6.07) is 0. The van der Waals surface area contributed by atoms with Crippen molar-refractivity contribution in [1.29, 1.82) is 0 Å². The molecule has 2 rings (SSSR count). The first-order chi connectivity index (χ1) is 8.50. The number of nitrogens with zero attached hydrogens (tertiary/aromatic N) is 1. The first kappa shape index (κ1) is 14.3. The summed E-state index contributed by atoms with van der Waals surface area (Å²) in [6.45, 7) is 10.5. The molecule has 2 N–H and O–H groups in total. The van der Waals surface area contributed by atoms with E-state index in [2.05, 4.69) is 25.7 Å². The van der Waals surface area contributed by atoms with Crippen molar-refractivity contribution < 1.29 is 4.74 Å². The van der Waals surface area contributed by atoms with Crippen molar-refractivity contribution in [3.8, 4) is 0 Å². The number of morpholine rings is 1. The van der Waals surface area contributed by atoms with Gasteiger partial charge in [-0.25, -0.2) is 0 Å². The first-order valence-corrected chi connectivity index (χ1v) is 7.56. The molecule has 0 aromatic rings. The highest BCUT2D eigenvalue weighted by Crippen LogP contribution is 2.38. The van der Waals surface area contributed by atoms with Gasteiger partial charge in [-0.2, -0.15) is 0 Å². The number of rotatable bonds is 2. The molecule has 1 aliphatic carbocycles. The van der Waals surface area contributed by atoms with Crippen molar-refractivity contribution in [3.63, 3.8) is 0 Å². The van der Waals surface area contributed by atoms with Crippen LogP contribution >= 0.6 is 0 Å². The van der Waals surface area contributed by atoms with Crippen molar-refractivity contribution in [3.05, 3.63) is 0 Å². The topological polar surface area (TPSA) is 38.5 Å². The lowest BCUT2D eigenvalue weighted by Gasteiger charge is -2.53. The predicted molar refractivity (Wildman–Crippen MR) is 75.6 cm³/mol. The third-order valence-electron chi connectivity index (χ3n) is 5.04. The van der Waals surface area contributed by atoms with E-state index in [1.165, 1.54) is 32.1 Å². The summed E-state index contributed by atoms with van der Waals surface area (Å²) in [7, 11) is 0. The van der Waals surface area contributed by atoms with E-state index in [-0.39, 0.29) is 11.1 Å². The first-order valence-electron chi connectivity index (χ1n) is 7.56. The Kier molecular flexibility index (Phi) is 4.35. The van der Waals surface area contributed by atoms with E-state index in [4.69, 9.17) is 10.5 Å². The molecule has 1 saturated heterocycles. The molecule has 0 spiro atoms. The minimum Gasteiger partial charge on any atom is -0.378 e. The van der Waals surface area contributed by atoms with Crippen molar-refractivity contribution in [2.45, 2.75) is 64.0 Å². The molecule has 106 valence electrons. The zero-order valence-electron chi connectivity index (χ0n) is 12.4. The van der Waals surface area contributed by atoms with Gasteiger partial charge in [-0.3, -0.25) is 4.90 Å². The van der Waals surface area contributed by atoms with E-state index in [9.17, 15) is 0 Å². The molecule has 2 fully saturated rings. The van der Waals surface area contributed by atoms with Crippen LogP contribution in [-0.4, -0.2) is 42.3 Å². The zero-order chi connectivity index (χ0) is 13.2. The lowest BCUT2D eigenvalue weighted by Crippen LogP contribution is -2.65. The van der Waals surface area contributed by atoms with Gasteiger partial charge in [0.15, 0.2) is 0 Å². The summed E-state index contributed by atoms with van der Waals surface area (Å²) in [5.74, 6) is 0.863. The van der Waals surface area contributed by atoms with Crippen LogP contribution in [0.3, 0.4) is 0 Å². The van der Waals surface area contributed by atoms with Gasteiger partial charge in [0.2, 0.25) is 0 Å². The molecule has 2 unspecified atom stereocenters. The van der Waals surface area contributed by atoms with E-state index in [1.54, 1.807) is 0 Å². The van der Waals surface area contributed by atoms with Crippen LogP contribution in [0.5, 0.6) is 0 Å². The molecule has 1 saturated carbocycles. The second kappa shape index (κ2) is 5.48. The van der Waals surface area contributed by atoms with Crippen LogP contribution in [0.4, 0.5) is 0 Å². The standard InChI is InChI=1S/C15H30N2O/c1-13-5-4-7-15(11-16,8-6-13)17-9-10-18-12-14(17,2)3/h13H,4-12,16H2,1-3H3. The van der Waals surface area contributed by atoms with Crippen LogP contribution in [0.15, 0.2) is 0 Å². The Bertz CT molecular complexity index is 280. The lowest BCUT2D eigenvalue weighted by atomic mass is 9.83. The highest BCUT2D eigenvalue weighted by atomic mass is 16.5. The van der Waals surface area contributed by atoms with E-state index in [1.807, 2.05) is 0 Å². The van der Waals surface area contributed by atoms with E-state index >= 15 is 0 Å². The molecule has 2 aliphatic rings. The molecule has 0 bridgehead atoms. The maximum atomic E-state index is 6.22. The Hall–Kier alpha value is -0.120. The van der Waals surface area contributed by atoms with E-state index in [0.717, 1.165) is 32.2 Å². The third kappa shape index (κ3) is 2.73. The molecule has 0 radical (unpaired) electrons. The minimum absolute atomic E-state index is 0.130. The van der Waals surface area contributed by atoms with Crippen LogP contribution in [0.2, 0.25) is 0 Å². The molecule has 0 amide bonds. The smallest absolute Gasteiger partial charge is 0.0645 e. The second-order valence-corrected chi connectivity index (χ2v) is 6.98. The van der Waals surface area contributed by atoms with Gasteiger partial charge in [0.05, 0.1) is 13.2 Å². The van der Waals surface area contributed by atoms with Crippen LogP contribution in [0, 0.1) is 5.92 Å². The van der Waals surface area contributed by atoms with Gasteiger partial charge in [-0.15, -0.1) is 0 Å². The molecule has 1 aliphatic heterocycles. The number of ether oxygens (including phenoxy) is 1. The van der Waals surface area contributed by atoms with Gasteiger partial charge in [-0.1, -0.05) is 19.8 Å². The fourth-order valence-corrected chi connectivity index (χ4v) is 3.89. The molecule has 3 heteroatoms. The van der Waals surface area contributed by atoms with E-state index < -0.39 is 0 Å². The summed E-state index contributed by atoms with van der Waals surface area (Å²) < 4.78 is 5.67. The highest BCUT2D eigenvalue weighted by molar-refractivity contribution is 5.01. The Labute approximate surface area is 112 Å². The Morgan fingerprint density at radius 1 is 1.28 bits per heavy atom. The summed E-state index contributed by atoms with van der Waals surface area (Å²) in [5.41, 5.74) is 6.57. The SMILES string of the molecule is CC1CCCC(CN)(N2CCOCC2(C)C)CC1. The normalized spacial score (nSPS) is 38.3. The van der Waals surface area contributed by atoms with Crippen LogP contribution in [0.25, 0.3) is 0 Å². The van der Waals surface area contributed by atoms with Gasteiger partial charge in [0, 0.05) is 24.2 Å². The largest absolute Gasteiger partial charge is 0.378 e. The fraction of sp³-hybridized carbons (Fsp3) is 1.00. The van der Waals surface area contributed by atoms with E-state index in [0.29, 0.717) is 0 Å². The minimum atomic E-state index is 0.130. The summed E-state index contributed by atoms with van der Waals surface area (Å²) in [4.78, 5) is 2.67. The quantitative estimate of drug-likeness (QED) is 0.769. The third-order valence-corrected chi connectivity index (χ3v) is 5.04. The second-order valence-electron chi connectivity index (χ2n) is 6.98. The molecule has 0 aromatic carbocycles. The van der Waals surface area contributed by atoms with Crippen LogP contribution < -0.4 is 5.73 Å². The Balaban J connectivity index is 2.19. The average molecular weight is 254 g/mol. The van der Waals surface area contributed by atoms with Gasteiger partial charge < -0.3 is 10.5 Å². The van der Waals surface area contributed by atoms with Gasteiger partial charge in [-0.05, 0) is 39.0 Å². The maximum Gasteiger partial charge on any atom is 0.0645 e. The van der Waals surface area contributed by atoms with Crippen LogP contribution in [0.1, 0.15) is 52.9 Å². The van der Waals surface area contributed by atoms with Gasteiger partial charge >= 0.3 is 0 Å². The van der Waals surface area contributed by atoms with Crippen molar-refractivity contribution >= 4 is 0 Å². The highest BCUT2D eigenvalue weighted by Gasteiger charge is 2.45. The molecule has 3 nitrogen and oxygen atoms in total. The van der Waals surface area contributed by atoms with Gasteiger partial charge in [0.1, 0.15) is 0 Å². The predicted octanol–water partition coefficient (Wildman–Crippen LogP) is 2.39. The summed E-state index contributed by atoms with van der Waals surface area (Å²) >= 11 is 0. The molecule has 1 heterocycles. The maximum absolute atomic E-state index is 6.22. The summed E-state index contributed by atoms with van der Waals surface area (Å²) in [6.07, 6.45) is 6.54. The van der Waals surface area contributed by atoms with Crippen molar-refractivity contribution in [2.75, 3.05) is 26.3 Å². The summed E-state index contributed by atoms with van der Waals surface area (Å²) in [5, 5.41) is 0. The zero-order valence-corrected chi connectivity index (χ0v) is 12.4. The molecule has 2 atom stereocenters. The average Bonchev–Trinajstić information content (AvgIpc) is 2.52. The number of nitrogens with two attached hydrogens (primary N) is 1. The number of hydrogen-bond donors (Lipinski definition) is 1. The lowest BCUT2D eigenvalue weighted by molar-refractivity contribution is -0.108. The fourth-order valence-electron chi connectivity index (χ4n) is 3.89.